The molecule has 0 bridgehead atoms. The number of halogens is 2. The van der Waals surface area contributed by atoms with E-state index in [1.54, 1.807) is 11.3 Å². The van der Waals surface area contributed by atoms with Gasteiger partial charge >= 0.3 is 0 Å². The van der Waals surface area contributed by atoms with Gasteiger partial charge in [-0.2, -0.15) is 0 Å². The standard InChI is InChI=1S/C8H4BrIS2/c9-4-3-12-6-2-1-5(11)8(10)7(4)6/h1-3,11H. The Bertz CT molecular complexity index is 436. The quantitative estimate of drug-likeness (QED) is 0.510. The topological polar surface area (TPSA) is 0 Å². The van der Waals surface area contributed by atoms with Crippen LogP contribution in [0.15, 0.2) is 26.9 Å². The average molecular weight is 371 g/mol. The Labute approximate surface area is 102 Å². The zero-order chi connectivity index (χ0) is 8.72. The molecule has 0 radical (unpaired) electrons. The van der Waals surface area contributed by atoms with Crippen LogP contribution in [0.2, 0.25) is 0 Å². The van der Waals surface area contributed by atoms with Crippen molar-refractivity contribution >= 4 is 72.6 Å². The van der Waals surface area contributed by atoms with Gasteiger partial charge in [0.1, 0.15) is 0 Å². The number of rotatable bonds is 0. The fourth-order valence-corrected chi connectivity index (χ4v) is 4.19. The summed E-state index contributed by atoms with van der Waals surface area (Å²) in [6.45, 7) is 0. The van der Waals surface area contributed by atoms with Crippen molar-refractivity contribution in [1.82, 2.24) is 0 Å². The van der Waals surface area contributed by atoms with Gasteiger partial charge in [0.2, 0.25) is 0 Å². The van der Waals surface area contributed by atoms with Crippen LogP contribution in [0.3, 0.4) is 0 Å². The minimum Gasteiger partial charge on any atom is -0.143 e. The van der Waals surface area contributed by atoms with Gasteiger partial charge in [-0.3, -0.25) is 0 Å². The van der Waals surface area contributed by atoms with Crippen molar-refractivity contribution in [3.8, 4) is 0 Å². The van der Waals surface area contributed by atoms with Crippen molar-refractivity contribution in [2.45, 2.75) is 4.90 Å². The first kappa shape index (κ1) is 9.30. The molecule has 2 rings (SSSR count). The number of benzene rings is 1. The number of fused-ring (bicyclic) bond motifs is 1. The summed E-state index contributed by atoms with van der Waals surface area (Å²) in [4.78, 5) is 1.04. The highest BCUT2D eigenvalue weighted by molar-refractivity contribution is 14.1. The molecular weight excluding hydrogens is 367 g/mol. The van der Waals surface area contributed by atoms with Crippen molar-refractivity contribution in [3.05, 3.63) is 25.6 Å². The van der Waals surface area contributed by atoms with E-state index in [4.69, 9.17) is 0 Å². The van der Waals surface area contributed by atoms with Crippen molar-refractivity contribution in [2.75, 3.05) is 0 Å². The molecule has 0 amide bonds. The highest BCUT2D eigenvalue weighted by Crippen LogP contribution is 2.36. The summed E-state index contributed by atoms with van der Waals surface area (Å²) in [6, 6.07) is 4.14. The molecule has 0 atom stereocenters. The van der Waals surface area contributed by atoms with E-state index in [9.17, 15) is 0 Å². The Hall–Kier alpha value is 0.740. The van der Waals surface area contributed by atoms with E-state index >= 15 is 0 Å². The smallest absolute Gasteiger partial charge is 0.0372 e. The van der Waals surface area contributed by atoms with Crippen molar-refractivity contribution in [2.24, 2.45) is 0 Å². The Morgan fingerprint density at radius 3 is 2.92 bits per heavy atom. The van der Waals surface area contributed by atoms with Gasteiger partial charge in [-0.1, -0.05) is 0 Å². The van der Waals surface area contributed by atoms with Crippen molar-refractivity contribution < 1.29 is 0 Å². The Morgan fingerprint density at radius 2 is 2.17 bits per heavy atom. The molecule has 0 aliphatic carbocycles. The molecular formula is C8H4BrIS2. The van der Waals surface area contributed by atoms with Gasteiger partial charge in [0.25, 0.3) is 0 Å². The van der Waals surface area contributed by atoms with E-state index < -0.39 is 0 Å². The number of thiophene rings is 1. The van der Waals surface area contributed by atoms with E-state index in [1.807, 2.05) is 6.07 Å². The summed E-state index contributed by atoms with van der Waals surface area (Å²) in [7, 11) is 0. The normalized spacial score (nSPS) is 10.9. The molecule has 12 heavy (non-hydrogen) atoms. The molecule has 0 N–H and O–H groups in total. The van der Waals surface area contributed by atoms with Crippen LogP contribution in [0.1, 0.15) is 0 Å². The average Bonchev–Trinajstić information content (AvgIpc) is 2.41. The molecule has 0 spiro atoms. The molecule has 0 aliphatic rings. The Morgan fingerprint density at radius 1 is 1.42 bits per heavy atom. The second-order valence-electron chi connectivity index (χ2n) is 2.36. The van der Waals surface area contributed by atoms with Gasteiger partial charge in [-0.05, 0) is 50.7 Å². The lowest BCUT2D eigenvalue weighted by Crippen LogP contribution is -1.75. The molecule has 4 heteroatoms. The summed E-state index contributed by atoms with van der Waals surface area (Å²) in [5, 5.41) is 3.40. The Kier molecular flexibility index (Phi) is 2.69. The van der Waals surface area contributed by atoms with Crippen LogP contribution in [0.25, 0.3) is 10.1 Å². The fraction of sp³-hybridized carbons (Fsp3) is 0. The fourth-order valence-electron chi connectivity index (χ4n) is 1.04. The molecule has 0 nitrogen and oxygen atoms in total. The lowest BCUT2D eigenvalue weighted by atomic mass is 10.3. The van der Waals surface area contributed by atoms with Crippen LogP contribution in [-0.2, 0) is 0 Å². The molecule has 62 valence electrons. The van der Waals surface area contributed by atoms with Crippen LogP contribution in [0.4, 0.5) is 0 Å². The van der Waals surface area contributed by atoms with Crippen LogP contribution in [-0.4, -0.2) is 0 Å². The van der Waals surface area contributed by atoms with Gasteiger partial charge in [0.05, 0.1) is 0 Å². The summed E-state index contributed by atoms with van der Waals surface area (Å²) in [6.07, 6.45) is 0. The van der Waals surface area contributed by atoms with Gasteiger partial charge in [0, 0.05) is 28.4 Å². The van der Waals surface area contributed by atoms with Crippen LogP contribution in [0, 0.1) is 3.57 Å². The zero-order valence-electron chi connectivity index (χ0n) is 5.84. The summed E-state index contributed by atoms with van der Waals surface area (Å²) in [5.74, 6) is 0. The third-order valence-electron chi connectivity index (χ3n) is 1.61. The van der Waals surface area contributed by atoms with Crippen LogP contribution in [0.5, 0.6) is 0 Å². The van der Waals surface area contributed by atoms with Gasteiger partial charge in [-0.25, -0.2) is 0 Å². The molecule has 0 aliphatic heterocycles. The lowest BCUT2D eigenvalue weighted by molar-refractivity contribution is 1.48. The molecule has 1 heterocycles. The van der Waals surface area contributed by atoms with E-state index in [0.29, 0.717) is 0 Å². The van der Waals surface area contributed by atoms with E-state index in [2.05, 4.69) is 62.6 Å². The monoisotopic (exact) mass is 370 g/mol. The molecule has 0 unspecified atom stereocenters. The van der Waals surface area contributed by atoms with Crippen LogP contribution < -0.4 is 0 Å². The first-order valence-corrected chi connectivity index (χ1v) is 6.44. The summed E-state index contributed by atoms with van der Waals surface area (Å²) in [5.41, 5.74) is 0. The maximum absolute atomic E-state index is 4.37. The molecule has 0 saturated heterocycles. The van der Waals surface area contributed by atoms with E-state index in [-0.39, 0.29) is 0 Å². The van der Waals surface area contributed by atoms with E-state index in [0.717, 1.165) is 4.90 Å². The molecule has 2 aromatic rings. The predicted octanol–water partition coefficient (Wildman–Crippen LogP) is 4.56. The minimum absolute atomic E-state index is 1.04. The van der Waals surface area contributed by atoms with Crippen molar-refractivity contribution in [3.63, 3.8) is 0 Å². The maximum atomic E-state index is 4.37. The second kappa shape index (κ2) is 3.48. The first-order valence-electron chi connectivity index (χ1n) is 3.24. The predicted molar refractivity (Wildman–Crippen MR) is 69.5 cm³/mol. The second-order valence-corrected chi connectivity index (χ2v) is 5.68. The largest absolute Gasteiger partial charge is 0.143 e. The number of hydrogen-bond donors (Lipinski definition) is 1. The van der Waals surface area contributed by atoms with Crippen LogP contribution >= 0.6 is 62.5 Å². The highest BCUT2D eigenvalue weighted by atomic mass is 127. The van der Waals surface area contributed by atoms with Gasteiger partial charge < -0.3 is 0 Å². The molecule has 0 saturated carbocycles. The third-order valence-corrected chi connectivity index (χ3v) is 5.41. The molecule has 1 aromatic heterocycles. The zero-order valence-corrected chi connectivity index (χ0v) is 11.3. The summed E-state index contributed by atoms with van der Waals surface area (Å²) < 4.78 is 3.70. The molecule has 1 aromatic carbocycles. The van der Waals surface area contributed by atoms with Gasteiger partial charge in [-0.15, -0.1) is 24.0 Å². The SMILES string of the molecule is Sc1ccc2scc(Br)c2c1I. The lowest BCUT2D eigenvalue weighted by Gasteiger charge is -1.98. The van der Waals surface area contributed by atoms with E-state index in [1.165, 1.54) is 18.1 Å². The maximum Gasteiger partial charge on any atom is 0.0372 e. The third kappa shape index (κ3) is 1.42. The van der Waals surface area contributed by atoms with Crippen molar-refractivity contribution in [1.29, 1.82) is 0 Å². The summed E-state index contributed by atoms with van der Waals surface area (Å²) >= 11 is 12.0. The highest BCUT2D eigenvalue weighted by Gasteiger charge is 2.07. The van der Waals surface area contributed by atoms with Gasteiger partial charge in [0.15, 0.2) is 0 Å². The number of thiol groups is 1. The first-order chi connectivity index (χ1) is 5.70. The number of hydrogen-bond acceptors (Lipinski definition) is 2. The Balaban J connectivity index is 2.96. The molecule has 0 fully saturated rings. The minimum atomic E-state index is 1.04.